The van der Waals surface area contributed by atoms with E-state index in [0.29, 0.717) is 31.2 Å². The Labute approximate surface area is 181 Å². The Morgan fingerprint density at radius 3 is 2.10 bits per heavy atom. The van der Waals surface area contributed by atoms with Crippen LogP contribution in [0, 0.1) is 36.5 Å². The zero-order valence-corrected chi connectivity index (χ0v) is 17.7. The molecular weight excluding hydrogens is 394 g/mol. The minimum atomic E-state index is -0.364. The third-order valence-corrected chi connectivity index (χ3v) is 7.62. The molecule has 162 valence electrons. The van der Waals surface area contributed by atoms with Crippen molar-refractivity contribution in [2.75, 3.05) is 6.61 Å². The summed E-state index contributed by atoms with van der Waals surface area (Å²) in [7, 11) is 0. The van der Waals surface area contributed by atoms with E-state index in [4.69, 9.17) is 4.74 Å². The second kappa shape index (κ2) is 7.74. The lowest BCUT2D eigenvalue weighted by atomic mass is 9.85. The lowest BCUT2D eigenvalue weighted by molar-refractivity contribution is -0.149. The molecule has 2 saturated carbocycles. The summed E-state index contributed by atoms with van der Waals surface area (Å²) in [6.45, 7) is 1.69. The van der Waals surface area contributed by atoms with Crippen molar-refractivity contribution in [2.24, 2.45) is 29.6 Å². The molecule has 0 spiro atoms. The lowest BCUT2D eigenvalue weighted by Crippen LogP contribution is -2.44. The fourth-order valence-electron chi connectivity index (χ4n) is 5.93. The number of allylic oxidation sites excluding steroid dienone is 2. The standard InChI is InChI=1S/C25H27NO5/c1-14-2-4-15(5-3-14)20(27)13-31-25(30)16-8-10-19(11-9-16)26-23(28)21-17-6-7-18(12-17)22(21)24(26)29/h2-7,16-19,21-22H,8-13H2,1H3/t16?,17-,18-,19?,21+,22+/m0/s1. The van der Waals surface area contributed by atoms with E-state index in [-0.39, 0.29) is 65.8 Å². The molecule has 0 aromatic heterocycles. The molecular formula is C25H27NO5. The van der Waals surface area contributed by atoms with Gasteiger partial charge in [0.25, 0.3) is 0 Å². The van der Waals surface area contributed by atoms with Crippen molar-refractivity contribution in [2.45, 2.75) is 45.1 Å². The maximum atomic E-state index is 13.0. The number of benzene rings is 1. The number of fused-ring (bicyclic) bond motifs is 5. The first-order valence-corrected chi connectivity index (χ1v) is 11.3. The molecule has 5 rings (SSSR count). The minimum Gasteiger partial charge on any atom is -0.457 e. The molecule has 4 atom stereocenters. The zero-order chi connectivity index (χ0) is 21.7. The van der Waals surface area contributed by atoms with Crippen LogP contribution in [0.2, 0.25) is 0 Å². The van der Waals surface area contributed by atoms with Crippen LogP contribution in [0.5, 0.6) is 0 Å². The van der Waals surface area contributed by atoms with E-state index in [9.17, 15) is 19.2 Å². The van der Waals surface area contributed by atoms with Crippen LogP contribution >= 0.6 is 0 Å². The SMILES string of the molecule is Cc1ccc(C(=O)COC(=O)C2CCC(N3C(=O)[C@H]4[C@H](C3=O)[C@H]3C=C[C@H]4C3)CC2)cc1. The molecule has 1 saturated heterocycles. The minimum absolute atomic E-state index is 0.0124. The summed E-state index contributed by atoms with van der Waals surface area (Å²) in [6, 6.07) is 7.05. The number of rotatable bonds is 5. The molecule has 3 fully saturated rings. The van der Waals surface area contributed by atoms with Gasteiger partial charge < -0.3 is 4.74 Å². The number of ketones is 1. The van der Waals surface area contributed by atoms with Gasteiger partial charge in [-0.05, 0) is 50.9 Å². The van der Waals surface area contributed by atoms with Crippen molar-refractivity contribution < 1.29 is 23.9 Å². The zero-order valence-electron chi connectivity index (χ0n) is 17.7. The fourth-order valence-corrected chi connectivity index (χ4v) is 5.93. The number of imide groups is 1. The molecule has 1 aromatic carbocycles. The Kier molecular flexibility index (Phi) is 5.03. The van der Waals surface area contributed by atoms with Crippen LogP contribution < -0.4 is 0 Å². The van der Waals surface area contributed by atoms with E-state index in [1.807, 2.05) is 19.1 Å². The molecule has 1 aromatic rings. The second-order valence-corrected chi connectivity index (χ2v) is 9.45. The van der Waals surface area contributed by atoms with Crippen LogP contribution in [0.15, 0.2) is 36.4 Å². The number of aryl methyl sites for hydroxylation is 1. The second-order valence-electron chi connectivity index (χ2n) is 9.45. The summed E-state index contributed by atoms with van der Waals surface area (Å²) >= 11 is 0. The predicted molar refractivity (Wildman–Crippen MR) is 112 cm³/mol. The van der Waals surface area contributed by atoms with Crippen molar-refractivity contribution in [1.82, 2.24) is 4.90 Å². The van der Waals surface area contributed by atoms with Gasteiger partial charge in [-0.15, -0.1) is 0 Å². The first kappa shape index (κ1) is 20.2. The number of ether oxygens (including phenoxy) is 1. The third kappa shape index (κ3) is 3.42. The normalized spacial score (nSPS) is 33.6. The van der Waals surface area contributed by atoms with Gasteiger partial charge in [0, 0.05) is 11.6 Å². The summed E-state index contributed by atoms with van der Waals surface area (Å²) in [5.74, 6) is -0.795. The third-order valence-electron chi connectivity index (χ3n) is 7.62. The van der Waals surface area contributed by atoms with E-state index in [2.05, 4.69) is 12.2 Å². The highest BCUT2D eigenvalue weighted by atomic mass is 16.5. The molecule has 4 aliphatic rings. The average Bonchev–Trinajstić information content (AvgIpc) is 3.46. The van der Waals surface area contributed by atoms with Crippen LogP contribution in [-0.4, -0.2) is 41.1 Å². The highest BCUT2D eigenvalue weighted by Gasteiger charge is 2.60. The van der Waals surface area contributed by atoms with Gasteiger partial charge in [-0.25, -0.2) is 0 Å². The number of nitrogens with zero attached hydrogens (tertiary/aromatic N) is 1. The summed E-state index contributed by atoms with van der Waals surface area (Å²) in [5, 5.41) is 0. The Morgan fingerprint density at radius 1 is 0.935 bits per heavy atom. The predicted octanol–water partition coefficient (Wildman–Crippen LogP) is 3.09. The quantitative estimate of drug-likeness (QED) is 0.316. The van der Waals surface area contributed by atoms with Gasteiger partial charge in [0.1, 0.15) is 0 Å². The molecule has 2 amide bonds. The van der Waals surface area contributed by atoms with Crippen LogP contribution in [-0.2, 0) is 19.1 Å². The van der Waals surface area contributed by atoms with Crippen molar-refractivity contribution in [3.05, 3.63) is 47.5 Å². The van der Waals surface area contributed by atoms with Gasteiger partial charge in [-0.1, -0.05) is 42.0 Å². The highest BCUT2D eigenvalue weighted by molar-refractivity contribution is 6.06. The molecule has 2 bridgehead atoms. The number of amides is 2. The van der Waals surface area contributed by atoms with E-state index < -0.39 is 0 Å². The maximum Gasteiger partial charge on any atom is 0.309 e. The van der Waals surface area contributed by atoms with Crippen LogP contribution in [0.4, 0.5) is 0 Å². The number of carbonyl (C=O) groups excluding carboxylic acids is 4. The van der Waals surface area contributed by atoms with Crippen molar-refractivity contribution >= 4 is 23.6 Å². The van der Waals surface area contributed by atoms with Gasteiger partial charge in [0.2, 0.25) is 11.8 Å². The topological polar surface area (TPSA) is 80.8 Å². The number of carbonyl (C=O) groups is 4. The molecule has 0 N–H and O–H groups in total. The van der Waals surface area contributed by atoms with Crippen LogP contribution in [0.3, 0.4) is 0 Å². The lowest BCUT2D eigenvalue weighted by Gasteiger charge is -2.33. The van der Waals surface area contributed by atoms with Crippen molar-refractivity contribution in [3.8, 4) is 0 Å². The Morgan fingerprint density at radius 2 is 1.52 bits per heavy atom. The molecule has 3 aliphatic carbocycles. The first-order chi connectivity index (χ1) is 14.9. The van der Waals surface area contributed by atoms with Gasteiger partial charge in [0.15, 0.2) is 12.4 Å². The van der Waals surface area contributed by atoms with Gasteiger partial charge in [0.05, 0.1) is 17.8 Å². The van der Waals surface area contributed by atoms with Gasteiger partial charge >= 0.3 is 5.97 Å². The van der Waals surface area contributed by atoms with E-state index in [0.717, 1.165) is 12.0 Å². The van der Waals surface area contributed by atoms with E-state index in [1.54, 1.807) is 12.1 Å². The summed E-state index contributed by atoms with van der Waals surface area (Å²) < 4.78 is 5.28. The van der Waals surface area contributed by atoms with Crippen LogP contribution in [0.1, 0.15) is 48.0 Å². The van der Waals surface area contributed by atoms with Gasteiger partial charge in [-0.2, -0.15) is 0 Å². The number of Topliss-reactive ketones (excluding diaryl/α,β-unsaturated/α-hetero) is 1. The highest BCUT2D eigenvalue weighted by Crippen LogP contribution is 2.53. The fraction of sp³-hybridized carbons (Fsp3) is 0.520. The molecule has 1 heterocycles. The summed E-state index contributed by atoms with van der Waals surface area (Å²) in [5.41, 5.74) is 1.59. The Balaban J connectivity index is 1.13. The van der Waals surface area contributed by atoms with Crippen molar-refractivity contribution in [3.63, 3.8) is 0 Å². The molecule has 0 unspecified atom stereocenters. The molecule has 6 nitrogen and oxygen atoms in total. The van der Waals surface area contributed by atoms with Gasteiger partial charge in [-0.3, -0.25) is 24.1 Å². The van der Waals surface area contributed by atoms with Crippen LogP contribution in [0.25, 0.3) is 0 Å². The number of likely N-dealkylation sites (tertiary alicyclic amines) is 1. The maximum absolute atomic E-state index is 13.0. The number of hydrogen-bond acceptors (Lipinski definition) is 5. The monoisotopic (exact) mass is 421 g/mol. The van der Waals surface area contributed by atoms with E-state index in [1.165, 1.54) is 4.90 Å². The molecule has 0 radical (unpaired) electrons. The first-order valence-electron chi connectivity index (χ1n) is 11.3. The number of hydrogen-bond donors (Lipinski definition) is 0. The molecule has 1 aliphatic heterocycles. The average molecular weight is 421 g/mol. The Bertz CT molecular complexity index is 927. The van der Waals surface area contributed by atoms with E-state index >= 15 is 0 Å². The molecule has 31 heavy (non-hydrogen) atoms. The largest absolute Gasteiger partial charge is 0.457 e. The number of esters is 1. The molecule has 6 heteroatoms. The Hall–Kier alpha value is -2.76. The summed E-state index contributed by atoms with van der Waals surface area (Å²) in [6.07, 6.45) is 7.51. The smallest absolute Gasteiger partial charge is 0.309 e. The summed E-state index contributed by atoms with van der Waals surface area (Å²) in [4.78, 5) is 52.2. The van der Waals surface area contributed by atoms with Crippen molar-refractivity contribution in [1.29, 1.82) is 0 Å².